The summed E-state index contributed by atoms with van der Waals surface area (Å²) in [5.41, 5.74) is 0.977. The van der Waals surface area contributed by atoms with Gasteiger partial charge in [-0.3, -0.25) is 14.5 Å². The van der Waals surface area contributed by atoms with Gasteiger partial charge in [0.1, 0.15) is 0 Å². The van der Waals surface area contributed by atoms with Crippen LogP contribution in [0, 0.1) is 0 Å². The highest BCUT2D eigenvalue weighted by molar-refractivity contribution is 6.02. The Morgan fingerprint density at radius 1 is 0.939 bits per heavy atom. The monoisotopic (exact) mass is 457 g/mol. The van der Waals surface area contributed by atoms with Crippen LogP contribution >= 0.6 is 0 Å². The van der Waals surface area contributed by atoms with Crippen molar-refractivity contribution in [2.75, 3.05) is 31.5 Å². The van der Waals surface area contributed by atoms with Crippen LogP contribution in [-0.4, -0.2) is 47.8 Å². The van der Waals surface area contributed by atoms with E-state index in [4.69, 9.17) is 4.42 Å². The summed E-state index contributed by atoms with van der Waals surface area (Å²) in [7, 11) is 0. The molecule has 0 radical (unpaired) electrons. The van der Waals surface area contributed by atoms with Gasteiger partial charge >= 0.3 is 6.18 Å². The summed E-state index contributed by atoms with van der Waals surface area (Å²) in [6.45, 7) is 2.50. The molecule has 6 nitrogen and oxygen atoms in total. The summed E-state index contributed by atoms with van der Waals surface area (Å²) < 4.78 is 43.8. The number of furan rings is 1. The lowest BCUT2D eigenvalue weighted by Crippen LogP contribution is -2.48. The third-order valence-corrected chi connectivity index (χ3v) is 5.45. The summed E-state index contributed by atoms with van der Waals surface area (Å²) in [5.74, 6) is -0.313. The van der Waals surface area contributed by atoms with Gasteiger partial charge < -0.3 is 14.6 Å². The number of nitrogens with zero attached hydrogens (tertiary/aromatic N) is 2. The predicted molar refractivity (Wildman–Crippen MR) is 116 cm³/mol. The Hall–Kier alpha value is -3.59. The molecule has 33 heavy (non-hydrogen) atoms. The van der Waals surface area contributed by atoms with E-state index in [2.05, 4.69) is 5.32 Å². The lowest BCUT2D eigenvalue weighted by Gasteiger charge is -2.35. The molecule has 2 aromatic carbocycles. The first-order valence-corrected chi connectivity index (χ1v) is 10.4. The number of carbonyl (C=O) groups excluding carboxylic acids is 2. The Morgan fingerprint density at radius 2 is 1.67 bits per heavy atom. The molecule has 0 unspecified atom stereocenters. The summed E-state index contributed by atoms with van der Waals surface area (Å²) in [6, 6.07) is 15.1. The minimum absolute atomic E-state index is 0.127. The topological polar surface area (TPSA) is 65.8 Å². The fourth-order valence-corrected chi connectivity index (χ4v) is 3.69. The number of rotatable bonds is 5. The Bertz CT molecular complexity index is 1100. The molecule has 172 valence electrons. The Kier molecular flexibility index (Phi) is 6.50. The van der Waals surface area contributed by atoms with Gasteiger partial charge in [0.15, 0.2) is 5.76 Å². The van der Waals surface area contributed by atoms with Crippen molar-refractivity contribution < 1.29 is 27.2 Å². The average Bonchev–Trinajstić information content (AvgIpc) is 3.35. The lowest BCUT2D eigenvalue weighted by atomic mass is 10.1. The van der Waals surface area contributed by atoms with E-state index in [1.807, 2.05) is 4.90 Å². The van der Waals surface area contributed by atoms with E-state index in [-0.39, 0.29) is 17.6 Å². The first kappa shape index (κ1) is 22.6. The average molecular weight is 457 g/mol. The van der Waals surface area contributed by atoms with Crippen molar-refractivity contribution in [3.63, 3.8) is 0 Å². The van der Waals surface area contributed by atoms with Crippen LogP contribution in [0.2, 0.25) is 0 Å². The van der Waals surface area contributed by atoms with Crippen LogP contribution in [0.4, 0.5) is 18.9 Å². The number of alkyl halides is 3. The number of hydrogen-bond acceptors (Lipinski definition) is 4. The molecule has 0 atom stereocenters. The van der Waals surface area contributed by atoms with E-state index in [1.165, 1.54) is 18.4 Å². The van der Waals surface area contributed by atoms with Gasteiger partial charge in [-0.1, -0.05) is 18.2 Å². The third kappa shape index (κ3) is 5.61. The number of benzene rings is 2. The number of carbonyl (C=O) groups is 2. The third-order valence-electron chi connectivity index (χ3n) is 5.45. The van der Waals surface area contributed by atoms with Crippen LogP contribution in [0.25, 0.3) is 0 Å². The van der Waals surface area contributed by atoms with Gasteiger partial charge in [-0.05, 0) is 48.0 Å². The standard InChI is InChI=1S/C24H22F3N3O3/c25-24(26,27)19-4-1-3-17(15-19)16-29-10-12-30(13-11-29)23(32)18-6-8-20(9-7-18)28-22(31)21-5-2-14-33-21/h1-9,14-15H,10-13,16H2,(H,28,31). The number of hydrogen-bond donors (Lipinski definition) is 1. The highest BCUT2D eigenvalue weighted by atomic mass is 19.4. The van der Waals surface area contributed by atoms with Crippen LogP contribution in [0.1, 0.15) is 32.0 Å². The fourth-order valence-electron chi connectivity index (χ4n) is 3.69. The van der Waals surface area contributed by atoms with Crippen LogP contribution in [0.3, 0.4) is 0 Å². The molecular formula is C24H22F3N3O3. The smallest absolute Gasteiger partial charge is 0.416 e. The van der Waals surface area contributed by atoms with Gasteiger partial charge in [0.05, 0.1) is 11.8 Å². The number of nitrogens with one attached hydrogen (secondary N) is 1. The number of piperazine rings is 1. The van der Waals surface area contributed by atoms with Gasteiger partial charge in [-0.15, -0.1) is 0 Å². The minimum Gasteiger partial charge on any atom is -0.459 e. The molecule has 9 heteroatoms. The van der Waals surface area contributed by atoms with Crippen molar-refractivity contribution in [2.45, 2.75) is 12.7 Å². The molecule has 0 saturated carbocycles. The Morgan fingerprint density at radius 3 is 2.30 bits per heavy atom. The van der Waals surface area contributed by atoms with Crippen molar-refractivity contribution in [3.05, 3.63) is 89.4 Å². The van der Waals surface area contributed by atoms with Crippen LogP contribution < -0.4 is 5.32 Å². The zero-order valence-corrected chi connectivity index (χ0v) is 17.6. The highest BCUT2D eigenvalue weighted by Gasteiger charge is 2.30. The maximum atomic E-state index is 12.9. The first-order valence-electron chi connectivity index (χ1n) is 10.4. The highest BCUT2D eigenvalue weighted by Crippen LogP contribution is 2.29. The number of anilines is 1. The molecule has 1 N–H and O–H groups in total. The molecule has 2 heterocycles. The predicted octanol–water partition coefficient (Wildman–Crippen LogP) is 4.51. The van der Waals surface area contributed by atoms with Crippen molar-refractivity contribution >= 4 is 17.5 Å². The largest absolute Gasteiger partial charge is 0.459 e. The molecular weight excluding hydrogens is 435 g/mol. The quantitative estimate of drug-likeness (QED) is 0.613. The van der Waals surface area contributed by atoms with Gasteiger partial charge in [0.25, 0.3) is 11.8 Å². The Balaban J connectivity index is 1.30. The van der Waals surface area contributed by atoms with Crippen molar-refractivity contribution in [1.29, 1.82) is 0 Å². The van der Waals surface area contributed by atoms with Gasteiger partial charge in [-0.25, -0.2) is 0 Å². The lowest BCUT2D eigenvalue weighted by molar-refractivity contribution is -0.137. The number of halogens is 3. The molecule has 4 rings (SSSR count). The Labute approximate surface area is 188 Å². The molecule has 0 bridgehead atoms. The van der Waals surface area contributed by atoms with E-state index >= 15 is 0 Å². The van der Waals surface area contributed by atoms with Crippen molar-refractivity contribution in [1.82, 2.24) is 9.80 Å². The SMILES string of the molecule is O=C(Nc1ccc(C(=O)N2CCN(Cc3cccc(C(F)(F)F)c3)CC2)cc1)c1ccco1. The van der Waals surface area contributed by atoms with Crippen molar-refractivity contribution in [3.8, 4) is 0 Å². The van der Waals surface area contributed by atoms with E-state index in [0.717, 1.165) is 6.07 Å². The van der Waals surface area contributed by atoms with Crippen LogP contribution in [-0.2, 0) is 12.7 Å². The molecule has 1 saturated heterocycles. The molecule has 1 aliphatic heterocycles. The maximum Gasteiger partial charge on any atom is 0.416 e. The normalized spacial score (nSPS) is 14.8. The number of amides is 2. The summed E-state index contributed by atoms with van der Waals surface area (Å²) >= 11 is 0. The molecule has 1 aliphatic rings. The van der Waals surface area contributed by atoms with E-state index in [0.29, 0.717) is 49.5 Å². The van der Waals surface area contributed by atoms with Crippen LogP contribution in [0.5, 0.6) is 0 Å². The van der Waals surface area contributed by atoms with Crippen molar-refractivity contribution in [2.24, 2.45) is 0 Å². The molecule has 3 aromatic rings. The maximum absolute atomic E-state index is 12.9. The molecule has 2 amide bonds. The second-order valence-electron chi connectivity index (χ2n) is 7.78. The second kappa shape index (κ2) is 9.50. The zero-order valence-electron chi connectivity index (χ0n) is 17.6. The van der Waals surface area contributed by atoms with Gasteiger partial charge in [-0.2, -0.15) is 13.2 Å². The molecule has 0 aliphatic carbocycles. The molecule has 0 spiro atoms. The summed E-state index contributed by atoms with van der Waals surface area (Å²) in [5, 5.41) is 2.70. The van der Waals surface area contributed by atoms with Gasteiger partial charge in [0, 0.05) is 44.0 Å². The van der Waals surface area contributed by atoms with E-state index in [9.17, 15) is 22.8 Å². The summed E-state index contributed by atoms with van der Waals surface area (Å²) in [4.78, 5) is 28.6. The minimum atomic E-state index is -4.36. The molecule has 1 aromatic heterocycles. The molecule has 1 fully saturated rings. The first-order chi connectivity index (χ1) is 15.8. The fraction of sp³-hybridized carbons (Fsp3) is 0.250. The second-order valence-corrected chi connectivity index (χ2v) is 7.78. The van der Waals surface area contributed by atoms with Gasteiger partial charge in [0.2, 0.25) is 0 Å². The van der Waals surface area contributed by atoms with E-state index < -0.39 is 11.7 Å². The zero-order chi connectivity index (χ0) is 23.4. The van der Waals surface area contributed by atoms with Crippen LogP contribution in [0.15, 0.2) is 71.3 Å². The van der Waals surface area contributed by atoms with E-state index in [1.54, 1.807) is 47.4 Å². The summed E-state index contributed by atoms with van der Waals surface area (Å²) in [6.07, 6.45) is -2.95.